The predicted octanol–water partition coefficient (Wildman–Crippen LogP) is 1.13. The molecule has 1 aromatic heterocycles. The third kappa shape index (κ3) is 2.06. The minimum absolute atomic E-state index is 0.576. The number of aryl methyl sites for hydroxylation is 2. The molecule has 5 heteroatoms. The third-order valence-electron chi connectivity index (χ3n) is 3.06. The van der Waals surface area contributed by atoms with Crippen LogP contribution in [0.3, 0.4) is 0 Å². The molecule has 4 nitrogen and oxygen atoms in total. The van der Waals surface area contributed by atoms with Crippen molar-refractivity contribution in [2.75, 3.05) is 23.7 Å². The van der Waals surface area contributed by atoms with Crippen LogP contribution in [-0.2, 0) is 13.6 Å². The lowest BCUT2D eigenvalue weighted by atomic mass is 10.2. The van der Waals surface area contributed by atoms with Gasteiger partial charge >= 0.3 is 0 Å². The van der Waals surface area contributed by atoms with E-state index in [9.17, 15) is 0 Å². The summed E-state index contributed by atoms with van der Waals surface area (Å²) in [5.74, 6) is 2.40. The number of nitrogens with zero attached hydrogens (tertiary/aromatic N) is 3. The molecule has 2 N–H and O–H groups in total. The second-order valence-electron chi connectivity index (χ2n) is 4.34. The zero-order chi connectivity index (χ0) is 11.7. The average Bonchev–Trinajstić information content (AvgIpc) is 2.52. The topological polar surface area (TPSA) is 47.1 Å². The second-order valence-corrected chi connectivity index (χ2v) is 5.89. The van der Waals surface area contributed by atoms with Gasteiger partial charge in [0.25, 0.3) is 0 Å². The third-order valence-corrected chi connectivity index (χ3v) is 4.19. The van der Waals surface area contributed by atoms with Gasteiger partial charge in [-0.15, -0.1) is 0 Å². The SMILES string of the molecule is Cc1nn(C)c(N2CCSC(C)C2)c1CN. The van der Waals surface area contributed by atoms with Crippen LogP contribution in [0.4, 0.5) is 5.82 Å². The highest BCUT2D eigenvalue weighted by atomic mass is 32.2. The molecule has 0 bridgehead atoms. The van der Waals surface area contributed by atoms with Gasteiger partial charge in [-0.25, -0.2) is 0 Å². The van der Waals surface area contributed by atoms with E-state index in [2.05, 4.69) is 16.9 Å². The van der Waals surface area contributed by atoms with Crippen molar-refractivity contribution in [1.82, 2.24) is 9.78 Å². The fourth-order valence-electron chi connectivity index (χ4n) is 2.34. The number of hydrogen-bond acceptors (Lipinski definition) is 4. The first-order valence-corrected chi connectivity index (χ1v) is 6.77. The van der Waals surface area contributed by atoms with Crippen molar-refractivity contribution >= 4 is 17.6 Å². The molecule has 1 aliphatic heterocycles. The number of aromatic nitrogens is 2. The van der Waals surface area contributed by atoms with Crippen LogP contribution in [0.25, 0.3) is 0 Å². The largest absolute Gasteiger partial charge is 0.355 e. The molecule has 0 amide bonds. The fraction of sp³-hybridized carbons (Fsp3) is 0.727. The molecular weight excluding hydrogens is 220 g/mol. The van der Waals surface area contributed by atoms with Crippen LogP contribution in [-0.4, -0.2) is 33.9 Å². The lowest BCUT2D eigenvalue weighted by Crippen LogP contribution is -2.38. The number of nitrogens with two attached hydrogens (primary N) is 1. The molecule has 2 rings (SSSR count). The summed E-state index contributed by atoms with van der Waals surface area (Å²) in [5, 5.41) is 5.16. The molecule has 0 aromatic carbocycles. The van der Waals surface area contributed by atoms with Crippen LogP contribution < -0.4 is 10.6 Å². The van der Waals surface area contributed by atoms with E-state index < -0.39 is 0 Å². The first-order chi connectivity index (χ1) is 7.63. The van der Waals surface area contributed by atoms with E-state index in [1.807, 2.05) is 30.4 Å². The quantitative estimate of drug-likeness (QED) is 0.842. The Labute approximate surface area is 101 Å². The van der Waals surface area contributed by atoms with Gasteiger partial charge in [0.15, 0.2) is 0 Å². The van der Waals surface area contributed by atoms with E-state index >= 15 is 0 Å². The Balaban J connectivity index is 2.31. The smallest absolute Gasteiger partial charge is 0.131 e. The molecule has 1 aliphatic rings. The van der Waals surface area contributed by atoms with Crippen LogP contribution in [0, 0.1) is 6.92 Å². The highest BCUT2D eigenvalue weighted by molar-refractivity contribution is 8.00. The zero-order valence-electron chi connectivity index (χ0n) is 10.2. The Morgan fingerprint density at radius 3 is 2.94 bits per heavy atom. The maximum absolute atomic E-state index is 5.82. The maximum Gasteiger partial charge on any atom is 0.131 e. The van der Waals surface area contributed by atoms with E-state index in [4.69, 9.17) is 5.73 Å². The van der Waals surface area contributed by atoms with Crippen LogP contribution in [0.5, 0.6) is 0 Å². The first-order valence-electron chi connectivity index (χ1n) is 5.72. The van der Waals surface area contributed by atoms with Crippen molar-refractivity contribution in [3.05, 3.63) is 11.3 Å². The van der Waals surface area contributed by atoms with Crippen molar-refractivity contribution < 1.29 is 0 Å². The first kappa shape index (κ1) is 11.8. The maximum atomic E-state index is 5.82. The monoisotopic (exact) mass is 240 g/mol. The van der Waals surface area contributed by atoms with Gasteiger partial charge in [-0.05, 0) is 6.92 Å². The highest BCUT2D eigenvalue weighted by Gasteiger charge is 2.23. The highest BCUT2D eigenvalue weighted by Crippen LogP contribution is 2.27. The van der Waals surface area contributed by atoms with E-state index in [1.165, 1.54) is 17.1 Å². The van der Waals surface area contributed by atoms with Gasteiger partial charge in [-0.3, -0.25) is 4.68 Å². The van der Waals surface area contributed by atoms with E-state index in [0.29, 0.717) is 11.8 Å². The Morgan fingerprint density at radius 2 is 2.31 bits per heavy atom. The van der Waals surface area contributed by atoms with Crippen LogP contribution in [0.15, 0.2) is 0 Å². The molecule has 1 fully saturated rings. The van der Waals surface area contributed by atoms with Gasteiger partial charge in [0.1, 0.15) is 5.82 Å². The Bertz CT molecular complexity index is 374. The zero-order valence-corrected chi connectivity index (χ0v) is 11.0. The van der Waals surface area contributed by atoms with E-state index in [-0.39, 0.29) is 0 Å². The molecule has 2 heterocycles. The summed E-state index contributed by atoms with van der Waals surface area (Å²) >= 11 is 2.04. The lowest BCUT2D eigenvalue weighted by molar-refractivity contribution is 0.692. The molecule has 16 heavy (non-hydrogen) atoms. The van der Waals surface area contributed by atoms with Crippen LogP contribution in [0.2, 0.25) is 0 Å². The van der Waals surface area contributed by atoms with Gasteiger partial charge in [0.2, 0.25) is 0 Å². The molecule has 1 atom stereocenters. The van der Waals surface area contributed by atoms with Gasteiger partial charge in [0, 0.05) is 43.2 Å². The molecule has 90 valence electrons. The summed E-state index contributed by atoms with van der Waals surface area (Å²) in [6, 6.07) is 0. The Hall–Kier alpha value is -0.680. The average molecular weight is 240 g/mol. The summed E-state index contributed by atoms with van der Waals surface area (Å²) in [6.45, 7) is 7.08. The normalized spacial score (nSPS) is 21.5. The predicted molar refractivity (Wildman–Crippen MR) is 70.0 cm³/mol. The molecule has 1 unspecified atom stereocenters. The number of hydrogen-bond donors (Lipinski definition) is 1. The Kier molecular flexibility index (Phi) is 3.44. The van der Waals surface area contributed by atoms with Crippen LogP contribution in [0.1, 0.15) is 18.2 Å². The molecular formula is C11H20N4S. The molecule has 1 aromatic rings. The minimum Gasteiger partial charge on any atom is -0.355 e. The molecule has 0 spiro atoms. The van der Waals surface area contributed by atoms with Crippen molar-refractivity contribution in [3.63, 3.8) is 0 Å². The minimum atomic E-state index is 0.576. The fourth-order valence-corrected chi connectivity index (χ4v) is 3.35. The number of rotatable bonds is 2. The molecule has 0 saturated carbocycles. The standard InChI is InChI=1S/C11H20N4S/c1-8-7-15(4-5-16-8)11-10(6-12)9(2)13-14(11)3/h8H,4-7,12H2,1-3H3. The van der Waals surface area contributed by atoms with Crippen molar-refractivity contribution in [2.24, 2.45) is 12.8 Å². The van der Waals surface area contributed by atoms with Gasteiger partial charge < -0.3 is 10.6 Å². The van der Waals surface area contributed by atoms with Crippen molar-refractivity contribution in [3.8, 4) is 0 Å². The van der Waals surface area contributed by atoms with Gasteiger partial charge in [-0.1, -0.05) is 6.92 Å². The number of anilines is 1. The molecule has 0 radical (unpaired) electrons. The van der Waals surface area contributed by atoms with Crippen molar-refractivity contribution in [1.29, 1.82) is 0 Å². The number of thioether (sulfide) groups is 1. The molecule has 0 aliphatic carbocycles. The van der Waals surface area contributed by atoms with Gasteiger partial charge in [-0.2, -0.15) is 16.9 Å². The second kappa shape index (κ2) is 4.67. The summed E-state index contributed by atoms with van der Waals surface area (Å²) in [6.07, 6.45) is 0. The summed E-state index contributed by atoms with van der Waals surface area (Å²) in [5.41, 5.74) is 8.08. The summed E-state index contributed by atoms with van der Waals surface area (Å²) in [7, 11) is 2.01. The Morgan fingerprint density at radius 1 is 1.56 bits per heavy atom. The van der Waals surface area contributed by atoms with Gasteiger partial charge in [0.05, 0.1) is 5.69 Å². The van der Waals surface area contributed by atoms with E-state index in [1.54, 1.807) is 0 Å². The lowest BCUT2D eigenvalue weighted by Gasteiger charge is -2.32. The van der Waals surface area contributed by atoms with Crippen molar-refractivity contribution in [2.45, 2.75) is 25.6 Å². The summed E-state index contributed by atoms with van der Waals surface area (Å²) < 4.78 is 1.97. The van der Waals surface area contributed by atoms with E-state index in [0.717, 1.165) is 18.8 Å². The summed E-state index contributed by atoms with van der Waals surface area (Å²) in [4.78, 5) is 2.42. The molecule has 1 saturated heterocycles. The van der Waals surface area contributed by atoms with Crippen LogP contribution >= 0.6 is 11.8 Å².